The smallest absolute Gasteiger partial charge is 0.267 e. The SMILES string of the molecule is O=C(CSc1nnc2n(-c3ccccc3)c(=O)c3ccccc3n12)N1CCCCCC1. The van der Waals surface area contributed by atoms with E-state index in [0.717, 1.165) is 37.1 Å². The topological polar surface area (TPSA) is 72.5 Å². The molecule has 1 fully saturated rings. The van der Waals surface area contributed by atoms with Gasteiger partial charge in [-0.3, -0.25) is 14.0 Å². The third-order valence-corrected chi connectivity index (χ3v) is 6.61. The Hall–Kier alpha value is -3.13. The van der Waals surface area contributed by atoms with Crippen molar-refractivity contribution in [2.75, 3.05) is 18.8 Å². The van der Waals surface area contributed by atoms with Crippen molar-refractivity contribution in [1.29, 1.82) is 0 Å². The maximum Gasteiger partial charge on any atom is 0.267 e. The fraction of sp³-hybridized carbons (Fsp3) is 0.304. The highest BCUT2D eigenvalue weighted by molar-refractivity contribution is 7.99. The molecule has 0 unspecified atom stereocenters. The Bertz CT molecular complexity index is 1290. The minimum absolute atomic E-state index is 0.129. The van der Waals surface area contributed by atoms with Crippen LogP contribution in [0.15, 0.2) is 64.5 Å². The van der Waals surface area contributed by atoms with Crippen molar-refractivity contribution >= 4 is 34.3 Å². The Morgan fingerprint density at radius 2 is 1.61 bits per heavy atom. The predicted molar refractivity (Wildman–Crippen MR) is 122 cm³/mol. The number of likely N-dealkylation sites (tertiary alicyclic amines) is 1. The number of nitrogens with zero attached hydrogens (tertiary/aromatic N) is 5. The van der Waals surface area contributed by atoms with Crippen LogP contribution in [0.5, 0.6) is 0 Å². The van der Waals surface area contributed by atoms with Gasteiger partial charge in [-0.1, -0.05) is 54.9 Å². The lowest BCUT2D eigenvalue weighted by atomic mass is 10.2. The first kappa shape index (κ1) is 19.8. The van der Waals surface area contributed by atoms with E-state index in [1.54, 1.807) is 4.57 Å². The molecule has 0 saturated carbocycles. The number of rotatable bonds is 4. The number of benzene rings is 2. The summed E-state index contributed by atoms with van der Waals surface area (Å²) in [5.41, 5.74) is 1.33. The maximum absolute atomic E-state index is 13.3. The number of carbonyl (C=O) groups is 1. The van der Waals surface area contributed by atoms with E-state index in [9.17, 15) is 9.59 Å². The van der Waals surface area contributed by atoms with Gasteiger partial charge in [0.15, 0.2) is 5.16 Å². The van der Waals surface area contributed by atoms with Gasteiger partial charge in [0.2, 0.25) is 11.7 Å². The Morgan fingerprint density at radius 1 is 0.903 bits per heavy atom. The minimum atomic E-state index is -0.140. The normalized spacial score (nSPS) is 14.8. The van der Waals surface area contributed by atoms with Gasteiger partial charge in [0.25, 0.3) is 5.56 Å². The number of fused-ring (bicyclic) bond motifs is 3. The molecule has 1 aliphatic heterocycles. The Labute approximate surface area is 183 Å². The maximum atomic E-state index is 13.3. The molecule has 1 saturated heterocycles. The summed E-state index contributed by atoms with van der Waals surface area (Å²) in [6, 6.07) is 16.9. The quantitative estimate of drug-likeness (QED) is 0.461. The van der Waals surface area contributed by atoms with E-state index in [1.807, 2.05) is 63.9 Å². The van der Waals surface area contributed by atoms with E-state index in [-0.39, 0.29) is 11.5 Å². The van der Waals surface area contributed by atoms with E-state index in [2.05, 4.69) is 10.2 Å². The number of amides is 1. The molecule has 2 aromatic carbocycles. The Kier molecular flexibility index (Phi) is 5.46. The van der Waals surface area contributed by atoms with Crippen LogP contribution in [0, 0.1) is 0 Å². The number of thioether (sulfide) groups is 1. The number of aromatic nitrogens is 4. The number of hydrogen-bond acceptors (Lipinski definition) is 5. The summed E-state index contributed by atoms with van der Waals surface area (Å²) in [6.45, 7) is 1.66. The zero-order valence-electron chi connectivity index (χ0n) is 17.1. The van der Waals surface area contributed by atoms with Gasteiger partial charge in [-0.15, -0.1) is 10.2 Å². The van der Waals surface area contributed by atoms with Gasteiger partial charge in [0.05, 0.1) is 22.3 Å². The molecule has 4 aromatic rings. The first-order valence-corrected chi connectivity index (χ1v) is 11.6. The molecule has 31 heavy (non-hydrogen) atoms. The van der Waals surface area contributed by atoms with E-state index in [4.69, 9.17) is 0 Å². The minimum Gasteiger partial charge on any atom is -0.342 e. The average Bonchev–Trinajstić information content (AvgIpc) is 3.03. The second kappa shape index (κ2) is 8.55. The highest BCUT2D eigenvalue weighted by Crippen LogP contribution is 2.24. The van der Waals surface area contributed by atoms with Crippen molar-refractivity contribution in [3.8, 4) is 5.69 Å². The van der Waals surface area contributed by atoms with Gasteiger partial charge >= 0.3 is 0 Å². The molecule has 0 bridgehead atoms. The van der Waals surface area contributed by atoms with Gasteiger partial charge in [0, 0.05) is 13.1 Å². The summed E-state index contributed by atoms with van der Waals surface area (Å²) >= 11 is 1.37. The lowest BCUT2D eigenvalue weighted by molar-refractivity contribution is -0.128. The molecular weight excluding hydrogens is 410 g/mol. The van der Waals surface area contributed by atoms with Crippen molar-refractivity contribution in [3.05, 3.63) is 65.0 Å². The highest BCUT2D eigenvalue weighted by Gasteiger charge is 2.20. The van der Waals surface area contributed by atoms with E-state index >= 15 is 0 Å². The third kappa shape index (κ3) is 3.72. The summed E-state index contributed by atoms with van der Waals surface area (Å²) in [4.78, 5) is 28.0. The Morgan fingerprint density at radius 3 is 2.39 bits per heavy atom. The Balaban J connectivity index is 1.57. The van der Waals surface area contributed by atoms with Crippen molar-refractivity contribution in [2.24, 2.45) is 0 Å². The fourth-order valence-electron chi connectivity index (χ4n) is 4.12. The molecule has 7 nitrogen and oxygen atoms in total. The average molecular weight is 434 g/mol. The molecule has 0 radical (unpaired) electrons. The number of carbonyl (C=O) groups excluding carboxylic acids is 1. The van der Waals surface area contributed by atoms with Gasteiger partial charge < -0.3 is 4.90 Å². The molecule has 2 aromatic heterocycles. The molecule has 5 rings (SSSR count). The zero-order valence-corrected chi connectivity index (χ0v) is 17.9. The summed E-state index contributed by atoms with van der Waals surface area (Å²) in [6.07, 6.45) is 4.51. The molecule has 0 atom stereocenters. The standard InChI is InChI=1S/C23H23N5O2S/c29-20(26-14-8-1-2-9-15-26)16-31-23-25-24-22-27(17-10-4-3-5-11-17)21(30)18-12-6-7-13-19(18)28(22)23/h3-7,10-13H,1-2,8-9,14-16H2. The van der Waals surface area contributed by atoms with Crippen molar-refractivity contribution in [3.63, 3.8) is 0 Å². The molecule has 1 amide bonds. The molecule has 0 spiro atoms. The molecule has 8 heteroatoms. The van der Waals surface area contributed by atoms with E-state index in [0.29, 0.717) is 22.1 Å². The molecule has 3 heterocycles. The van der Waals surface area contributed by atoms with Crippen molar-refractivity contribution in [2.45, 2.75) is 30.8 Å². The van der Waals surface area contributed by atoms with Gasteiger partial charge in [-0.2, -0.15) is 0 Å². The van der Waals surface area contributed by atoms with Crippen LogP contribution in [-0.2, 0) is 4.79 Å². The second-order valence-electron chi connectivity index (χ2n) is 7.69. The molecular formula is C23H23N5O2S. The van der Waals surface area contributed by atoms with Crippen LogP contribution in [0.4, 0.5) is 0 Å². The van der Waals surface area contributed by atoms with Crippen LogP contribution in [0.3, 0.4) is 0 Å². The third-order valence-electron chi connectivity index (χ3n) is 5.69. The summed E-state index contributed by atoms with van der Waals surface area (Å²) in [5.74, 6) is 0.878. The van der Waals surface area contributed by atoms with Crippen LogP contribution in [-0.4, -0.2) is 48.8 Å². The molecule has 1 aliphatic rings. The van der Waals surface area contributed by atoms with Gasteiger partial charge in [0.1, 0.15) is 0 Å². The largest absolute Gasteiger partial charge is 0.342 e. The molecule has 158 valence electrons. The van der Waals surface area contributed by atoms with Crippen LogP contribution >= 0.6 is 11.8 Å². The number of para-hydroxylation sites is 2. The first-order chi connectivity index (χ1) is 15.2. The second-order valence-corrected chi connectivity index (χ2v) is 8.64. The molecule has 0 N–H and O–H groups in total. The summed E-state index contributed by atoms with van der Waals surface area (Å²) in [5, 5.41) is 9.89. The zero-order chi connectivity index (χ0) is 21.2. The highest BCUT2D eigenvalue weighted by atomic mass is 32.2. The van der Waals surface area contributed by atoms with Crippen LogP contribution < -0.4 is 5.56 Å². The first-order valence-electron chi connectivity index (χ1n) is 10.6. The summed E-state index contributed by atoms with van der Waals surface area (Å²) < 4.78 is 3.46. The van der Waals surface area contributed by atoms with E-state index in [1.165, 1.54) is 24.6 Å². The predicted octanol–water partition coefficient (Wildman–Crippen LogP) is 3.53. The van der Waals surface area contributed by atoms with Crippen molar-refractivity contribution in [1.82, 2.24) is 24.1 Å². The number of hydrogen-bond donors (Lipinski definition) is 0. The van der Waals surface area contributed by atoms with Gasteiger partial charge in [-0.25, -0.2) is 4.57 Å². The van der Waals surface area contributed by atoms with Gasteiger partial charge in [-0.05, 0) is 37.1 Å². The van der Waals surface area contributed by atoms with Crippen LogP contribution in [0.1, 0.15) is 25.7 Å². The lowest BCUT2D eigenvalue weighted by Gasteiger charge is -2.19. The van der Waals surface area contributed by atoms with E-state index < -0.39 is 0 Å². The van der Waals surface area contributed by atoms with Crippen molar-refractivity contribution < 1.29 is 4.79 Å². The fourth-order valence-corrected chi connectivity index (χ4v) is 4.96. The monoisotopic (exact) mass is 433 g/mol. The van der Waals surface area contributed by atoms with Crippen LogP contribution in [0.25, 0.3) is 22.4 Å². The van der Waals surface area contributed by atoms with Crippen LogP contribution in [0.2, 0.25) is 0 Å². The molecule has 0 aliphatic carbocycles. The summed E-state index contributed by atoms with van der Waals surface area (Å²) in [7, 11) is 0. The lowest BCUT2D eigenvalue weighted by Crippen LogP contribution is -2.33.